The molecule has 0 saturated heterocycles. The van der Waals surface area contributed by atoms with E-state index in [1.807, 2.05) is 24.4 Å². The van der Waals surface area contributed by atoms with Crippen molar-refractivity contribution in [1.82, 2.24) is 14.9 Å². The van der Waals surface area contributed by atoms with Gasteiger partial charge in [0.25, 0.3) is 0 Å². The van der Waals surface area contributed by atoms with Crippen molar-refractivity contribution >= 4 is 5.52 Å². The smallest absolute Gasteiger partial charge is 0.309 e. The molecule has 1 N–H and O–H groups in total. The van der Waals surface area contributed by atoms with E-state index < -0.39 is 18.1 Å². The van der Waals surface area contributed by atoms with E-state index in [4.69, 9.17) is 0 Å². The molecule has 1 aliphatic rings. The second-order valence-corrected chi connectivity index (χ2v) is 5.62. The number of pyridine rings is 1. The van der Waals surface area contributed by atoms with Crippen molar-refractivity contribution in [3.63, 3.8) is 0 Å². The predicted molar refractivity (Wildman–Crippen MR) is 73.8 cm³/mol. The molecular formula is C15H18F3N3. The highest BCUT2D eigenvalue weighted by atomic mass is 19.4. The van der Waals surface area contributed by atoms with Crippen molar-refractivity contribution in [2.75, 3.05) is 0 Å². The predicted octanol–water partition coefficient (Wildman–Crippen LogP) is 3.55. The second kappa shape index (κ2) is 5.67. The molecule has 0 radical (unpaired) electrons. The molecule has 1 fully saturated rings. The van der Waals surface area contributed by atoms with Gasteiger partial charge in [-0.2, -0.15) is 18.3 Å². The second-order valence-electron chi connectivity index (χ2n) is 5.62. The van der Waals surface area contributed by atoms with Crippen molar-refractivity contribution in [3.05, 3.63) is 36.2 Å². The summed E-state index contributed by atoms with van der Waals surface area (Å²) in [5, 5.41) is 7.30. The average molecular weight is 297 g/mol. The Morgan fingerprint density at radius 1 is 1.24 bits per heavy atom. The van der Waals surface area contributed by atoms with Gasteiger partial charge >= 0.3 is 6.18 Å². The fourth-order valence-corrected chi connectivity index (χ4v) is 3.13. The number of hydrogen-bond acceptors (Lipinski definition) is 2. The maximum atomic E-state index is 13.1. The minimum absolute atomic E-state index is 0.232. The van der Waals surface area contributed by atoms with Gasteiger partial charge in [0.2, 0.25) is 0 Å². The molecule has 3 nitrogen and oxygen atoms in total. The summed E-state index contributed by atoms with van der Waals surface area (Å²) in [6.07, 6.45) is 1.78. The number of alkyl halides is 3. The molecule has 0 aromatic carbocycles. The topological polar surface area (TPSA) is 29.3 Å². The molecule has 2 aromatic heterocycles. The van der Waals surface area contributed by atoms with Gasteiger partial charge in [-0.25, -0.2) is 4.52 Å². The zero-order chi connectivity index (χ0) is 14.9. The highest BCUT2D eigenvalue weighted by Crippen LogP contribution is 2.37. The van der Waals surface area contributed by atoms with Gasteiger partial charge in [0, 0.05) is 24.3 Å². The molecule has 1 saturated carbocycles. The maximum absolute atomic E-state index is 13.1. The lowest BCUT2D eigenvalue weighted by atomic mass is 9.84. The van der Waals surface area contributed by atoms with Crippen LogP contribution in [0.5, 0.6) is 0 Å². The number of halogens is 3. The summed E-state index contributed by atoms with van der Waals surface area (Å²) in [6, 6.07) is 5.21. The van der Waals surface area contributed by atoms with Gasteiger partial charge in [-0.3, -0.25) is 0 Å². The maximum Gasteiger partial charge on any atom is 0.393 e. The van der Waals surface area contributed by atoms with Crippen molar-refractivity contribution < 1.29 is 13.2 Å². The summed E-state index contributed by atoms with van der Waals surface area (Å²) in [4.78, 5) is 0. The fourth-order valence-electron chi connectivity index (χ4n) is 3.13. The van der Waals surface area contributed by atoms with Gasteiger partial charge in [0.15, 0.2) is 0 Å². The van der Waals surface area contributed by atoms with Crippen LogP contribution in [-0.4, -0.2) is 21.8 Å². The third kappa shape index (κ3) is 3.05. The molecule has 3 rings (SSSR count). The molecule has 6 heteroatoms. The average Bonchev–Trinajstić information content (AvgIpc) is 2.88. The van der Waals surface area contributed by atoms with E-state index in [2.05, 4.69) is 10.4 Å². The Labute approximate surface area is 121 Å². The van der Waals surface area contributed by atoms with Gasteiger partial charge in [-0.1, -0.05) is 18.9 Å². The van der Waals surface area contributed by atoms with Crippen molar-refractivity contribution in [3.8, 4) is 0 Å². The van der Waals surface area contributed by atoms with Gasteiger partial charge in [-0.15, -0.1) is 0 Å². The largest absolute Gasteiger partial charge is 0.393 e. The van der Waals surface area contributed by atoms with Crippen LogP contribution >= 0.6 is 0 Å². The molecular weight excluding hydrogens is 279 g/mol. The van der Waals surface area contributed by atoms with Crippen molar-refractivity contribution in [2.24, 2.45) is 5.92 Å². The third-order valence-electron chi connectivity index (χ3n) is 4.25. The molecule has 0 aliphatic heterocycles. The molecule has 1 aliphatic carbocycles. The minimum atomic E-state index is -4.11. The quantitative estimate of drug-likeness (QED) is 0.939. The van der Waals surface area contributed by atoms with Crippen LogP contribution in [0.25, 0.3) is 5.52 Å². The molecule has 0 amide bonds. The Morgan fingerprint density at radius 3 is 2.86 bits per heavy atom. The van der Waals surface area contributed by atoms with Crippen LogP contribution in [-0.2, 0) is 6.54 Å². The molecule has 21 heavy (non-hydrogen) atoms. The van der Waals surface area contributed by atoms with E-state index in [0.717, 1.165) is 17.5 Å². The monoisotopic (exact) mass is 297 g/mol. The molecule has 2 aromatic rings. The number of nitrogens with one attached hydrogen (secondary N) is 1. The SMILES string of the molecule is FC(F)(F)C1CCCCC1NCc1cnn2ccccc12. The van der Waals surface area contributed by atoms with Gasteiger partial charge < -0.3 is 5.32 Å². The molecule has 0 bridgehead atoms. The zero-order valence-corrected chi connectivity index (χ0v) is 11.6. The lowest BCUT2D eigenvalue weighted by Gasteiger charge is -2.33. The van der Waals surface area contributed by atoms with E-state index >= 15 is 0 Å². The van der Waals surface area contributed by atoms with Gasteiger partial charge in [0.05, 0.1) is 17.6 Å². The lowest BCUT2D eigenvalue weighted by molar-refractivity contribution is -0.189. The number of nitrogens with zero attached hydrogens (tertiary/aromatic N) is 2. The standard InChI is InChI=1S/C15H18F3N3/c16-15(17,18)12-5-1-2-6-13(12)19-9-11-10-20-21-8-4-3-7-14(11)21/h3-4,7-8,10,12-13,19H,1-2,5-6,9H2. The Bertz CT molecular complexity index is 605. The van der Waals surface area contributed by atoms with Crippen LogP contribution in [0.3, 0.4) is 0 Å². The first kappa shape index (κ1) is 14.4. The molecule has 114 valence electrons. The number of aromatic nitrogens is 2. The van der Waals surface area contributed by atoms with Crippen molar-refractivity contribution in [2.45, 2.75) is 44.4 Å². The Hall–Kier alpha value is -1.56. The van der Waals surface area contributed by atoms with E-state index in [0.29, 0.717) is 19.4 Å². The van der Waals surface area contributed by atoms with E-state index in [1.54, 1.807) is 10.7 Å². The first-order valence-electron chi connectivity index (χ1n) is 7.27. The molecule has 2 unspecified atom stereocenters. The van der Waals surface area contributed by atoms with E-state index in [-0.39, 0.29) is 6.42 Å². The Kier molecular flexibility index (Phi) is 3.89. The summed E-state index contributed by atoms with van der Waals surface area (Å²) in [5.74, 6) is -1.23. The first-order valence-corrected chi connectivity index (χ1v) is 7.27. The van der Waals surface area contributed by atoms with Crippen LogP contribution in [0.15, 0.2) is 30.6 Å². The highest BCUT2D eigenvalue weighted by Gasteiger charge is 2.45. The number of hydrogen-bond donors (Lipinski definition) is 1. The van der Waals surface area contributed by atoms with Crippen LogP contribution < -0.4 is 5.32 Å². The number of fused-ring (bicyclic) bond motifs is 1. The van der Waals surface area contributed by atoms with E-state index in [1.165, 1.54) is 0 Å². The lowest BCUT2D eigenvalue weighted by Crippen LogP contribution is -2.45. The van der Waals surface area contributed by atoms with Crippen LogP contribution in [0.4, 0.5) is 13.2 Å². The van der Waals surface area contributed by atoms with Gasteiger partial charge in [0.1, 0.15) is 0 Å². The molecule has 2 heterocycles. The van der Waals surface area contributed by atoms with Crippen LogP contribution in [0.2, 0.25) is 0 Å². The van der Waals surface area contributed by atoms with Crippen molar-refractivity contribution in [1.29, 1.82) is 0 Å². The minimum Gasteiger partial charge on any atom is -0.309 e. The summed E-state index contributed by atoms with van der Waals surface area (Å²) in [6.45, 7) is 0.421. The third-order valence-corrected chi connectivity index (χ3v) is 4.25. The van der Waals surface area contributed by atoms with Crippen LogP contribution in [0.1, 0.15) is 31.2 Å². The van der Waals surface area contributed by atoms with Gasteiger partial charge in [-0.05, 0) is 25.0 Å². The Balaban J connectivity index is 1.71. The summed E-state index contributed by atoms with van der Waals surface area (Å²) in [7, 11) is 0. The van der Waals surface area contributed by atoms with Crippen LogP contribution in [0, 0.1) is 5.92 Å². The number of rotatable bonds is 3. The highest BCUT2D eigenvalue weighted by molar-refractivity contribution is 5.53. The Morgan fingerprint density at radius 2 is 2.05 bits per heavy atom. The first-order chi connectivity index (χ1) is 10.1. The molecule has 2 atom stereocenters. The fraction of sp³-hybridized carbons (Fsp3) is 0.533. The summed E-state index contributed by atoms with van der Waals surface area (Å²) in [5.41, 5.74) is 1.87. The van der Waals surface area contributed by atoms with E-state index in [9.17, 15) is 13.2 Å². The normalized spacial score (nSPS) is 23.6. The summed E-state index contributed by atoms with van der Waals surface area (Å²) >= 11 is 0. The zero-order valence-electron chi connectivity index (χ0n) is 11.6. The summed E-state index contributed by atoms with van der Waals surface area (Å²) < 4.78 is 40.9. The molecule has 0 spiro atoms.